The molecule has 4 aromatic rings. The lowest BCUT2D eigenvalue weighted by Crippen LogP contribution is -2.19. The summed E-state index contributed by atoms with van der Waals surface area (Å²) in [4.78, 5) is 13.2. The van der Waals surface area contributed by atoms with E-state index in [9.17, 15) is 5.11 Å². The van der Waals surface area contributed by atoms with Crippen molar-refractivity contribution in [3.63, 3.8) is 0 Å². The molecule has 140 valence electrons. The van der Waals surface area contributed by atoms with Crippen LogP contribution in [0.2, 0.25) is 0 Å². The van der Waals surface area contributed by atoms with Crippen molar-refractivity contribution in [2.75, 3.05) is 7.11 Å². The van der Waals surface area contributed by atoms with Crippen LogP contribution in [0.4, 0.5) is 0 Å². The van der Waals surface area contributed by atoms with Crippen molar-refractivity contribution in [2.24, 2.45) is 4.99 Å². The zero-order chi connectivity index (χ0) is 19.1. The van der Waals surface area contributed by atoms with E-state index in [4.69, 9.17) is 14.0 Å². The van der Waals surface area contributed by atoms with Gasteiger partial charge in [0.05, 0.1) is 18.4 Å². The number of nitrogens with one attached hydrogen (secondary N) is 2. The molecule has 0 aliphatic carbocycles. The van der Waals surface area contributed by atoms with Gasteiger partial charge in [0, 0.05) is 29.6 Å². The Kier molecular flexibility index (Phi) is 3.81. The molecule has 1 aromatic carbocycles. The van der Waals surface area contributed by atoms with Crippen LogP contribution in [0.1, 0.15) is 5.56 Å². The number of benzene rings is 1. The standard InChI is InChI=1S/C19H15N5O4/c1-26-15-3-2-10(18-22-19(25)28-24-18)8-12(15)16-9-14-17(27-16)11(4-6-20-14)13-5-7-21-23-13/h2-9,19,25H,1H3,(H,21,23)(H,22,24). The number of amidine groups is 1. The first-order chi connectivity index (χ1) is 13.7. The molecule has 1 unspecified atom stereocenters. The van der Waals surface area contributed by atoms with Gasteiger partial charge >= 0.3 is 0 Å². The van der Waals surface area contributed by atoms with Crippen molar-refractivity contribution in [2.45, 2.75) is 6.41 Å². The van der Waals surface area contributed by atoms with E-state index in [0.717, 1.165) is 22.4 Å². The lowest BCUT2D eigenvalue weighted by molar-refractivity contribution is -0.102. The number of aliphatic hydroxyl groups is 1. The van der Waals surface area contributed by atoms with Crippen LogP contribution in [-0.2, 0) is 4.84 Å². The number of H-pyrrole nitrogens is 1. The van der Waals surface area contributed by atoms with Crippen molar-refractivity contribution >= 4 is 16.9 Å². The second kappa shape index (κ2) is 6.48. The Hall–Kier alpha value is -3.69. The summed E-state index contributed by atoms with van der Waals surface area (Å²) in [5.41, 5.74) is 7.09. The van der Waals surface area contributed by atoms with Gasteiger partial charge in [-0.3, -0.25) is 10.1 Å². The average Bonchev–Trinajstić information content (AvgIpc) is 3.47. The van der Waals surface area contributed by atoms with Gasteiger partial charge in [-0.2, -0.15) is 5.10 Å². The van der Waals surface area contributed by atoms with E-state index in [0.29, 0.717) is 28.4 Å². The number of methoxy groups -OCH3 is 1. The van der Waals surface area contributed by atoms with Gasteiger partial charge in [0.25, 0.3) is 6.41 Å². The SMILES string of the molecule is COc1ccc(C2=NC(O)ON2)cc1-c1cc2nccc(-c3ccn[nH]3)c2o1. The third kappa shape index (κ3) is 2.70. The third-order valence-corrected chi connectivity index (χ3v) is 4.44. The highest BCUT2D eigenvalue weighted by molar-refractivity contribution is 6.00. The maximum absolute atomic E-state index is 9.43. The summed E-state index contributed by atoms with van der Waals surface area (Å²) in [7, 11) is 1.59. The summed E-state index contributed by atoms with van der Waals surface area (Å²) >= 11 is 0. The Labute approximate surface area is 158 Å². The molecule has 0 amide bonds. The normalized spacial score (nSPS) is 16.2. The molecule has 5 rings (SSSR count). The minimum Gasteiger partial charge on any atom is -0.496 e. The van der Waals surface area contributed by atoms with Crippen LogP contribution in [0.15, 0.2) is 58.2 Å². The fraction of sp³-hybridized carbons (Fsp3) is 0.105. The first-order valence-corrected chi connectivity index (χ1v) is 8.47. The maximum Gasteiger partial charge on any atom is 0.280 e. The molecule has 28 heavy (non-hydrogen) atoms. The predicted molar refractivity (Wildman–Crippen MR) is 100 cm³/mol. The third-order valence-electron chi connectivity index (χ3n) is 4.44. The highest BCUT2D eigenvalue weighted by atomic mass is 16.7. The number of aliphatic imine (C=N–C) groups is 1. The number of nitrogens with zero attached hydrogens (tertiary/aromatic N) is 3. The smallest absolute Gasteiger partial charge is 0.280 e. The fourth-order valence-corrected chi connectivity index (χ4v) is 3.14. The summed E-state index contributed by atoms with van der Waals surface area (Å²) in [5, 5.41) is 16.4. The van der Waals surface area contributed by atoms with E-state index >= 15 is 0 Å². The Bertz CT molecular complexity index is 1180. The topological polar surface area (TPSA) is 118 Å². The number of hydrogen-bond acceptors (Lipinski definition) is 8. The summed E-state index contributed by atoms with van der Waals surface area (Å²) < 4.78 is 11.7. The second-order valence-corrected chi connectivity index (χ2v) is 6.09. The summed E-state index contributed by atoms with van der Waals surface area (Å²) in [5.74, 6) is 1.64. The van der Waals surface area contributed by atoms with Crippen LogP contribution in [0.25, 0.3) is 33.7 Å². The lowest BCUT2D eigenvalue weighted by Gasteiger charge is -2.09. The minimum absolute atomic E-state index is 0.420. The first kappa shape index (κ1) is 16.5. The first-order valence-electron chi connectivity index (χ1n) is 8.47. The highest BCUT2D eigenvalue weighted by Gasteiger charge is 2.20. The quantitative estimate of drug-likeness (QED) is 0.500. The van der Waals surface area contributed by atoms with Gasteiger partial charge in [0.2, 0.25) is 0 Å². The number of furan rings is 1. The molecule has 3 aromatic heterocycles. The number of rotatable bonds is 4. The molecule has 0 spiro atoms. The van der Waals surface area contributed by atoms with Crippen LogP contribution in [0.5, 0.6) is 5.75 Å². The molecule has 3 N–H and O–H groups in total. The molecule has 0 radical (unpaired) electrons. The monoisotopic (exact) mass is 377 g/mol. The van der Waals surface area contributed by atoms with Crippen LogP contribution in [-0.4, -0.2) is 39.6 Å². The van der Waals surface area contributed by atoms with Gasteiger partial charge in [-0.25, -0.2) is 15.3 Å². The van der Waals surface area contributed by atoms with E-state index in [1.807, 2.05) is 30.3 Å². The number of aliphatic hydroxyl groups excluding tert-OH is 1. The Morgan fingerprint density at radius 3 is 2.79 bits per heavy atom. The number of hydroxylamine groups is 1. The van der Waals surface area contributed by atoms with Crippen LogP contribution >= 0.6 is 0 Å². The van der Waals surface area contributed by atoms with E-state index in [2.05, 4.69) is 25.7 Å². The zero-order valence-corrected chi connectivity index (χ0v) is 14.7. The van der Waals surface area contributed by atoms with Gasteiger partial charge < -0.3 is 14.3 Å². The molecular formula is C19H15N5O4. The Balaban J connectivity index is 1.65. The number of pyridine rings is 1. The van der Waals surface area contributed by atoms with Gasteiger partial charge in [-0.1, -0.05) is 0 Å². The Morgan fingerprint density at radius 2 is 2.04 bits per heavy atom. The molecule has 9 heteroatoms. The molecule has 1 aliphatic rings. The van der Waals surface area contributed by atoms with E-state index in [1.165, 1.54) is 0 Å². The second-order valence-electron chi connectivity index (χ2n) is 6.09. The maximum atomic E-state index is 9.43. The Morgan fingerprint density at radius 1 is 1.11 bits per heavy atom. The van der Waals surface area contributed by atoms with Crippen LogP contribution < -0.4 is 10.2 Å². The fourth-order valence-electron chi connectivity index (χ4n) is 3.14. The predicted octanol–water partition coefficient (Wildman–Crippen LogP) is 2.45. The van der Waals surface area contributed by atoms with Gasteiger partial charge in [0.15, 0.2) is 11.4 Å². The number of aromatic nitrogens is 3. The summed E-state index contributed by atoms with van der Waals surface area (Å²) in [6.07, 6.45) is 2.18. The van der Waals surface area contributed by atoms with Crippen molar-refractivity contribution in [3.05, 3.63) is 54.4 Å². The number of ether oxygens (including phenoxy) is 1. The van der Waals surface area contributed by atoms with Crippen LogP contribution in [0.3, 0.4) is 0 Å². The molecule has 9 nitrogen and oxygen atoms in total. The zero-order valence-electron chi connectivity index (χ0n) is 14.7. The molecule has 0 saturated heterocycles. The van der Waals surface area contributed by atoms with Gasteiger partial charge in [-0.15, -0.1) is 0 Å². The molecule has 1 atom stereocenters. The highest BCUT2D eigenvalue weighted by Crippen LogP contribution is 2.37. The molecular weight excluding hydrogens is 362 g/mol. The molecule has 0 saturated carbocycles. The largest absolute Gasteiger partial charge is 0.496 e. The number of hydrogen-bond donors (Lipinski definition) is 3. The van der Waals surface area contributed by atoms with Crippen LogP contribution in [0, 0.1) is 0 Å². The molecule has 0 bridgehead atoms. The van der Waals surface area contributed by atoms with Crippen molar-refractivity contribution in [3.8, 4) is 28.3 Å². The van der Waals surface area contributed by atoms with E-state index in [1.54, 1.807) is 25.6 Å². The molecule has 0 fully saturated rings. The number of aromatic amines is 1. The lowest BCUT2D eigenvalue weighted by atomic mass is 10.1. The molecule has 4 heterocycles. The number of fused-ring (bicyclic) bond motifs is 1. The van der Waals surface area contributed by atoms with Crippen molar-refractivity contribution in [1.29, 1.82) is 0 Å². The molecule has 1 aliphatic heterocycles. The average molecular weight is 377 g/mol. The van der Waals surface area contributed by atoms with Gasteiger partial charge in [0.1, 0.15) is 17.0 Å². The minimum atomic E-state index is -1.23. The van der Waals surface area contributed by atoms with Gasteiger partial charge in [-0.05, 0) is 30.3 Å². The van der Waals surface area contributed by atoms with E-state index in [-0.39, 0.29) is 0 Å². The summed E-state index contributed by atoms with van der Waals surface area (Å²) in [6.45, 7) is 0. The van der Waals surface area contributed by atoms with Crippen molar-refractivity contribution < 1.29 is 19.1 Å². The van der Waals surface area contributed by atoms with Crippen molar-refractivity contribution in [1.82, 2.24) is 20.7 Å². The summed E-state index contributed by atoms with van der Waals surface area (Å²) in [6, 6.07) is 11.0. The van der Waals surface area contributed by atoms with E-state index < -0.39 is 6.41 Å².